The van der Waals surface area contributed by atoms with Crippen molar-refractivity contribution in [3.05, 3.63) is 38.9 Å². The highest BCUT2D eigenvalue weighted by atomic mass is 35.5. The summed E-state index contributed by atoms with van der Waals surface area (Å²) < 4.78 is 0. The molecule has 1 aliphatic heterocycles. The van der Waals surface area contributed by atoms with Gasteiger partial charge in [-0.05, 0) is 30.4 Å². The van der Waals surface area contributed by atoms with Crippen molar-refractivity contribution >= 4 is 23.2 Å². The van der Waals surface area contributed by atoms with E-state index in [-0.39, 0.29) is 16.6 Å². The average Bonchev–Trinajstić information content (AvgIpc) is 2.47. The number of piperidine rings is 1. The number of benzene rings is 1. The molecule has 0 spiro atoms. The van der Waals surface area contributed by atoms with Crippen molar-refractivity contribution in [1.82, 2.24) is 4.90 Å². The minimum atomic E-state index is -0.551. The molecular weight excluding hydrogens is 292 g/mol. The van der Waals surface area contributed by atoms with Gasteiger partial charge in [0.25, 0.3) is 11.6 Å². The lowest BCUT2D eigenvalue weighted by Gasteiger charge is -2.38. The van der Waals surface area contributed by atoms with Crippen molar-refractivity contribution in [1.29, 1.82) is 0 Å². The lowest BCUT2D eigenvalue weighted by Crippen LogP contribution is -2.41. The van der Waals surface area contributed by atoms with Gasteiger partial charge in [-0.25, -0.2) is 0 Å². The number of nitro groups is 1. The normalized spacial score (nSPS) is 17.6. The molecule has 1 aromatic rings. The van der Waals surface area contributed by atoms with Gasteiger partial charge in [0.05, 0.1) is 4.92 Å². The Hall–Kier alpha value is -1.62. The summed E-state index contributed by atoms with van der Waals surface area (Å²) in [7, 11) is 0. The first-order valence-electron chi connectivity index (χ1n) is 7.09. The third kappa shape index (κ3) is 3.35. The van der Waals surface area contributed by atoms with Crippen LogP contribution in [0.1, 0.15) is 43.5 Å². The number of carbonyl (C=O) groups is 1. The molecule has 0 bridgehead atoms. The molecule has 0 unspecified atom stereocenters. The van der Waals surface area contributed by atoms with Crippen molar-refractivity contribution in [2.75, 3.05) is 13.1 Å². The Labute approximate surface area is 129 Å². The molecule has 0 N–H and O–H groups in total. The van der Waals surface area contributed by atoms with E-state index in [1.54, 1.807) is 4.90 Å². The van der Waals surface area contributed by atoms with E-state index in [2.05, 4.69) is 13.8 Å². The third-order valence-electron chi connectivity index (χ3n) is 4.50. The van der Waals surface area contributed by atoms with E-state index in [0.717, 1.165) is 32.4 Å². The lowest BCUT2D eigenvalue weighted by molar-refractivity contribution is -0.384. The van der Waals surface area contributed by atoms with Crippen LogP contribution in [-0.4, -0.2) is 28.8 Å². The fourth-order valence-corrected chi connectivity index (χ4v) is 2.82. The first-order valence-corrected chi connectivity index (χ1v) is 7.47. The Morgan fingerprint density at radius 3 is 2.52 bits per heavy atom. The lowest BCUT2D eigenvalue weighted by atomic mass is 9.78. The topological polar surface area (TPSA) is 63.5 Å². The standard InChI is InChI=1S/C15H19ClN2O3/c1-3-15(2)6-8-17(9-7-15)14(19)11-4-5-13(18(20)21)12(16)10-11/h4-5,10H,3,6-9H2,1-2H3. The second-order valence-electron chi connectivity index (χ2n) is 5.88. The third-order valence-corrected chi connectivity index (χ3v) is 4.81. The number of rotatable bonds is 3. The molecule has 1 saturated heterocycles. The molecule has 1 fully saturated rings. The molecule has 0 atom stereocenters. The van der Waals surface area contributed by atoms with Gasteiger partial charge in [0.2, 0.25) is 0 Å². The zero-order valence-corrected chi connectivity index (χ0v) is 13.0. The maximum atomic E-state index is 12.4. The molecule has 1 amide bonds. The number of halogens is 1. The molecule has 0 aliphatic carbocycles. The molecular formula is C15H19ClN2O3. The van der Waals surface area contributed by atoms with E-state index in [9.17, 15) is 14.9 Å². The van der Waals surface area contributed by atoms with Crippen LogP contribution >= 0.6 is 11.6 Å². The molecule has 1 aliphatic rings. The summed E-state index contributed by atoms with van der Waals surface area (Å²) in [6.45, 7) is 5.86. The number of likely N-dealkylation sites (tertiary alicyclic amines) is 1. The average molecular weight is 311 g/mol. The van der Waals surface area contributed by atoms with Crippen molar-refractivity contribution in [2.45, 2.75) is 33.1 Å². The summed E-state index contributed by atoms with van der Waals surface area (Å²) in [5.74, 6) is -0.107. The van der Waals surface area contributed by atoms with Crippen LogP contribution in [0.3, 0.4) is 0 Å². The monoisotopic (exact) mass is 310 g/mol. The van der Waals surface area contributed by atoms with Crippen LogP contribution in [0.25, 0.3) is 0 Å². The van der Waals surface area contributed by atoms with Crippen molar-refractivity contribution in [2.24, 2.45) is 5.41 Å². The zero-order chi connectivity index (χ0) is 15.6. The second-order valence-corrected chi connectivity index (χ2v) is 6.29. The minimum absolute atomic E-state index is 0.00116. The first kappa shape index (κ1) is 15.8. The smallest absolute Gasteiger partial charge is 0.287 e. The summed E-state index contributed by atoms with van der Waals surface area (Å²) in [6.07, 6.45) is 3.07. The highest BCUT2D eigenvalue weighted by molar-refractivity contribution is 6.33. The molecule has 0 aromatic heterocycles. The molecule has 21 heavy (non-hydrogen) atoms. The van der Waals surface area contributed by atoms with E-state index in [1.165, 1.54) is 18.2 Å². The van der Waals surface area contributed by atoms with Crippen molar-refractivity contribution in [3.8, 4) is 0 Å². The molecule has 0 saturated carbocycles. The maximum Gasteiger partial charge on any atom is 0.287 e. The molecule has 1 aromatic carbocycles. The molecule has 6 heteroatoms. The first-order chi connectivity index (χ1) is 9.86. The predicted molar refractivity (Wildman–Crippen MR) is 81.6 cm³/mol. The molecule has 2 rings (SSSR count). The Kier molecular flexibility index (Phi) is 4.52. The fourth-order valence-electron chi connectivity index (χ4n) is 2.57. The summed E-state index contributed by atoms with van der Waals surface area (Å²) in [5, 5.41) is 10.7. The highest BCUT2D eigenvalue weighted by Crippen LogP contribution is 2.34. The second kappa shape index (κ2) is 6.02. The number of amides is 1. The van der Waals surface area contributed by atoms with Gasteiger partial charge in [0.15, 0.2) is 0 Å². The van der Waals surface area contributed by atoms with Crippen LogP contribution in [0.15, 0.2) is 18.2 Å². The number of hydrogen-bond donors (Lipinski definition) is 0. The molecule has 0 radical (unpaired) electrons. The quantitative estimate of drug-likeness (QED) is 0.628. The van der Waals surface area contributed by atoms with Gasteiger partial charge in [0.1, 0.15) is 5.02 Å². The highest BCUT2D eigenvalue weighted by Gasteiger charge is 2.31. The molecule has 1 heterocycles. The van der Waals surface area contributed by atoms with Crippen molar-refractivity contribution in [3.63, 3.8) is 0 Å². The van der Waals surface area contributed by atoms with Gasteiger partial charge in [-0.3, -0.25) is 14.9 Å². The zero-order valence-electron chi connectivity index (χ0n) is 12.3. The molecule has 114 valence electrons. The largest absolute Gasteiger partial charge is 0.339 e. The van der Waals surface area contributed by atoms with Gasteiger partial charge in [0, 0.05) is 24.7 Å². The van der Waals surface area contributed by atoms with Crippen LogP contribution in [0.2, 0.25) is 5.02 Å². The van der Waals surface area contributed by atoms with Crippen molar-refractivity contribution < 1.29 is 9.72 Å². The Morgan fingerprint density at radius 1 is 1.43 bits per heavy atom. The summed E-state index contributed by atoms with van der Waals surface area (Å²) in [6, 6.07) is 4.14. The number of hydrogen-bond acceptors (Lipinski definition) is 3. The Balaban J connectivity index is 2.11. The number of carbonyl (C=O) groups excluding carboxylic acids is 1. The van der Waals surface area contributed by atoms with E-state index >= 15 is 0 Å². The number of nitro benzene ring substituents is 1. The SMILES string of the molecule is CCC1(C)CCN(C(=O)c2ccc([N+](=O)[O-])c(Cl)c2)CC1. The van der Waals surface area contributed by atoms with E-state index in [0.29, 0.717) is 11.0 Å². The van der Waals surface area contributed by atoms with Gasteiger partial charge in [-0.1, -0.05) is 31.9 Å². The van der Waals surface area contributed by atoms with Gasteiger partial charge < -0.3 is 4.90 Å². The van der Waals surface area contributed by atoms with Crippen LogP contribution < -0.4 is 0 Å². The van der Waals surface area contributed by atoms with E-state index < -0.39 is 4.92 Å². The fraction of sp³-hybridized carbons (Fsp3) is 0.533. The van der Waals surface area contributed by atoms with Gasteiger partial charge in [-0.15, -0.1) is 0 Å². The van der Waals surface area contributed by atoms with Crippen LogP contribution in [0, 0.1) is 15.5 Å². The van der Waals surface area contributed by atoms with Crippen LogP contribution in [0.4, 0.5) is 5.69 Å². The summed E-state index contributed by atoms with van der Waals surface area (Å²) in [4.78, 5) is 24.4. The summed E-state index contributed by atoms with van der Waals surface area (Å²) >= 11 is 5.86. The minimum Gasteiger partial charge on any atom is -0.339 e. The van der Waals surface area contributed by atoms with E-state index in [4.69, 9.17) is 11.6 Å². The van der Waals surface area contributed by atoms with Gasteiger partial charge in [-0.2, -0.15) is 0 Å². The molecule has 5 nitrogen and oxygen atoms in total. The summed E-state index contributed by atoms with van der Waals surface area (Å²) in [5.41, 5.74) is 0.542. The van der Waals surface area contributed by atoms with Crippen LogP contribution in [-0.2, 0) is 0 Å². The Bertz CT molecular complexity index is 566. The van der Waals surface area contributed by atoms with E-state index in [1.807, 2.05) is 0 Å². The van der Waals surface area contributed by atoms with Crippen LogP contribution in [0.5, 0.6) is 0 Å². The maximum absolute atomic E-state index is 12.4. The Morgan fingerprint density at radius 2 is 2.05 bits per heavy atom. The number of nitrogens with zero attached hydrogens (tertiary/aromatic N) is 2. The van der Waals surface area contributed by atoms with Gasteiger partial charge >= 0.3 is 0 Å². The predicted octanol–water partition coefficient (Wildman–Crippen LogP) is 3.90.